The molecule has 0 rings (SSSR count). The second kappa shape index (κ2) is 8.92. The zero-order valence-corrected chi connectivity index (χ0v) is 9.47. The van der Waals surface area contributed by atoms with Crippen LogP contribution in [0.4, 0.5) is 0 Å². The first kappa shape index (κ1) is 13.3. The van der Waals surface area contributed by atoms with Crippen molar-refractivity contribution in [3.8, 4) is 0 Å². The molecule has 2 nitrogen and oxygen atoms in total. The van der Waals surface area contributed by atoms with Gasteiger partial charge in [0.05, 0.1) is 0 Å². The van der Waals surface area contributed by atoms with Crippen molar-refractivity contribution in [1.29, 1.82) is 0 Å². The minimum Gasteiger partial charge on any atom is -0.300 e. The third kappa shape index (κ3) is 9.43. The van der Waals surface area contributed by atoms with Crippen LogP contribution in [0.3, 0.4) is 0 Å². The van der Waals surface area contributed by atoms with Crippen molar-refractivity contribution in [3.05, 3.63) is 0 Å². The summed E-state index contributed by atoms with van der Waals surface area (Å²) < 4.78 is 0. The lowest BCUT2D eigenvalue weighted by Crippen LogP contribution is -2.01. The number of ketones is 2. The Morgan fingerprint density at radius 1 is 0.857 bits per heavy atom. The number of Topliss-reactive ketones (excluding diaryl/α,β-unsaturated/α-hetero) is 2. The Kier molecular flexibility index (Phi) is 8.50. The third-order valence-electron chi connectivity index (χ3n) is 2.32. The smallest absolute Gasteiger partial charge is 0.133 e. The fourth-order valence-corrected chi connectivity index (χ4v) is 1.37. The van der Waals surface area contributed by atoms with Gasteiger partial charge in [-0.05, 0) is 13.3 Å². The Labute approximate surface area is 87.1 Å². The predicted octanol–water partition coefficient (Wildman–Crippen LogP) is 3.29. The molecule has 0 aliphatic heterocycles. The molecule has 0 aliphatic carbocycles. The van der Waals surface area contributed by atoms with Gasteiger partial charge in [0.2, 0.25) is 0 Å². The molecule has 0 amide bonds. The summed E-state index contributed by atoms with van der Waals surface area (Å²) in [6.45, 7) is 3.71. The molecule has 2 heteroatoms. The lowest BCUT2D eigenvalue weighted by Gasteiger charge is -1.99. The van der Waals surface area contributed by atoms with Crippen molar-refractivity contribution in [2.45, 2.75) is 65.2 Å². The van der Waals surface area contributed by atoms with Crippen molar-refractivity contribution >= 4 is 11.6 Å². The highest BCUT2D eigenvalue weighted by molar-refractivity contribution is 5.84. The van der Waals surface area contributed by atoms with E-state index in [1.54, 1.807) is 0 Å². The summed E-state index contributed by atoms with van der Waals surface area (Å²) in [5.74, 6) is 0.362. The molecule has 82 valence electrons. The number of hydrogen-bond donors (Lipinski definition) is 0. The third-order valence-corrected chi connectivity index (χ3v) is 2.32. The first-order valence-corrected chi connectivity index (χ1v) is 5.68. The van der Waals surface area contributed by atoms with Gasteiger partial charge in [0.25, 0.3) is 0 Å². The highest BCUT2D eigenvalue weighted by Gasteiger charge is 2.03. The number of carbonyl (C=O) groups excluding carboxylic acids is 2. The minimum atomic E-state index is 0.115. The van der Waals surface area contributed by atoms with Gasteiger partial charge < -0.3 is 4.79 Å². The molecular weight excluding hydrogens is 176 g/mol. The normalized spacial score (nSPS) is 10.1. The first-order chi connectivity index (χ1) is 6.66. The van der Waals surface area contributed by atoms with Gasteiger partial charge in [0.1, 0.15) is 11.6 Å². The molecule has 0 aliphatic rings. The molecule has 0 spiro atoms. The quantitative estimate of drug-likeness (QED) is 0.533. The van der Waals surface area contributed by atoms with E-state index in [1.807, 2.05) is 0 Å². The minimum absolute atomic E-state index is 0.115. The van der Waals surface area contributed by atoms with E-state index in [-0.39, 0.29) is 11.6 Å². The van der Waals surface area contributed by atoms with Crippen LogP contribution in [-0.2, 0) is 9.59 Å². The standard InChI is InChI=1S/C12H22O2/c1-3-4-5-6-7-8-12(14)10-9-11(2)13/h3-10H2,1-2H3. The number of carbonyl (C=O) groups is 2. The second-order valence-electron chi connectivity index (χ2n) is 3.90. The fraction of sp³-hybridized carbons (Fsp3) is 0.833. The lowest BCUT2D eigenvalue weighted by molar-refractivity contribution is -0.123. The molecule has 0 aromatic rings. The Morgan fingerprint density at radius 2 is 1.50 bits per heavy atom. The average Bonchev–Trinajstić information content (AvgIpc) is 2.14. The zero-order chi connectivity index (χ0) is 10.8. The summed E-state index contributed by atoms with van der Waals surface area (Å²) in [5, 5.41) is 0. The topological polar surface area (TPSA) is 34.1 Å². The van der Waals surface area contributed by atoms with Crippen LogP contribution >= 0.6 is 0 Å². The van der Waals surface area contributed by atoms with E-state index in [9.17, 15) is 9.59 Å². The highest BCUT2D eigenvalue weighted by Crippen LogP contribution is 2.07. The molecular formula is C12H22O2. The Balaban J connectivity index is 3.22. The van der Waals surface area contributed by atoms with Crippen LogP contribution < -0.4 is 0 Å². The Morgan fingerprint density at radius 3 is 2.07 bits per heavy atom. The van der Waals surface area contributed by atoms with Crippen LogP contribution in [0.25, 0.3) is 0 Å². The van der Waals surface area contributed by atoms with Gasteiger partial charge in [-0.25, -0.2) is 0 Å². The summed E-state index contributed by atoms with van der Waals surface area (Å²) in [5.41, 5.74) is 0. The van der Waals surface area contributed by atoms with Crippen molar-refractivity contribution < 1.29 is 9.59 Å². The van der Waals surface area contributed by atoms with E-state index in [0.717, 1.165) is 12.8 Å². The van der Waals surface area contributed by atoms with E-state index in [2.05, 4.69) is 6.92 Å². The van der Waals surface area contributed by atoms with E-state index >= 15 is 0 Å². The molecule has 0 fully saturated rings. The Hall–Kier alpha value is -0.660. The maximum atomic E-state index is 11.2. The molecule has 0 saturated carbocycles. The molecule has 0 saturated heterocycles. The van der Waals surface area contributed by atoms with E-state index in [4.69, 9.17) is 0 Å². The van der Waals surface area contributed by atoms with Gasteiger partial charge in [0.15, 0.2) is 0 Å². The average molecular weight is 198 g/mol. The van der Waals surface area contributed by atoms with Gasteiger partial charge in [-0.1, -0.05) is 32.6 Å². The maximum absolute atomic E-state index is 11.2. The summed E-state index contributed by atoms with van der Waals surface area (Å²) in [4.78, 5) is 21.8. The second-order valence-corrected chi connectivity index (χ2v) is 3.90. The number of rotatable bonds is 9. The number of unbranched alkanes of at least 4 members (excludes halogenated alkanes) is 4. The fourth-order valence-electron chi connectivity index (χ4n) is 1.37. The van der Waals surface area contributed by atoms with Crippen LogP contribution in [-0.4, -0.2) is 11.6 Å². The summed E-state index contributed by atoms with van der Waals surface area (Å²) in [7, 11) is 0. The van der Waals surface area contributed by atoms with E-state index in [0.29, 0.717) is 19.3 Å². The van der Waals surface area contributed by atoms with Crippen molar-refractivity contribution in [2.24, 2.45) is 0 Å². The van der Waals surface area contributed by atoms with Crippen LogP contribution in [0.1, 0.15) is 65.2 Å². The predicted molar refractivity (Wildman–Crippen MR) is 58.3 cm³/mol. The maximum Gasteiger partial charge on any atom is 0.133 e. The molecule has 0 aromatic carbocycles. The van der Waals surface area contributed by atoms with Gasteiger partial charge in [-0.15, -0.1) is 0 Å². The van der Waals surface area contributed by atoms with Gasteiger partial charge >= 0.3 is 0 Å². The van der Waals surface area contributed by atoms with E-state index < -0.39 is 0 Å². The van der Waals surface area contributed by atoms with Crippen molar-refractivity contribution in [3.63, 3.8) is 0 Å². The van der Waals surface area contributed by atoms with Crippen molar-refractivity contribution in [1.82, 2.24) is 0 Å². The highest BCUT2D eigenvalue weighted by atomic mass is 16.1. The summed E-state index contributed by atoms with van der Waals surface area (Å²) in [6.07, 6.45) is 7.42. The molecule has 14 heavy (non-hydrogen) atoms. The molecule has 0 atom stereocenters. The van der Waals surface area contributed by atoms with E-state index in [1.165, 1.54) is 26.2 Å². The SMILES string of the molecule is CCCCCCCC(=O)CCC(C)=O. The van der Waals surface area contributed by atoms with Crippen LogP contribution in [0.15, 0.2) is 0 Å². The monoisotopic (exact) mass is 198 g/mol. The summed E-state index contributed by atoms with van der Waals surface area (Å²) in [6, 6.07) is 0. The molecule has 0 aromatic heterocycles. The van der Waals surface area contributed by atoms with Gasteiger partial charge in [0, 0.05) is 19.3 Å². The molecule has 0 radical (unpaired) electrons. The van der Waals surface area contributed by atoms with Crippen molar-refractivity contribution in [2.75, 3.05) is 0 Å². The molecule has 0 heterocycles. The lowest BCUT2D eigenvalue weighted by atomic mass is 10.1. The Bertz CT molecular complexity index is 173. The van der Waals surface area contributed by atoms with Gasteiger partial charge in [-0.2, -0.15) is 0 Å². The number of hydrogen-bond acceptors (Lipinski definition) is 2. The molecule has 0 bridgehead atoms. The largest absolute Gasteiger partial charge is 0.300 e. The van der Waals surface area contributed by atoms with Gasteiger partial charge in [-0.3, -0.25) is 4.79 Å². The summed E-state index contributed by atoms with van der Waals surface area (Å²) >= 11 is 0. The van der Waals surface area contributed by atoms with Crippen LogP contribution in [0.5, 0.6) is 0 Å². The first-order valence-electron chi connectivity index (χ1n) is 5.68. The molecule has 0 N–H and O–H groups in total. The van der Waals surface area contributed by atoms with Crippen LogP contribution in [0, 0.1) is 0 Å². The van der Waals surface area contributed by atoms with Crippen LogP contribution in [0.2, 0.25) is 0 Å². The zero-order valence-electron chi connectivity index (χ0n) is 9.47. The molecule has 0 unspecified atom stereocenters.